The highest BCUT2D eigenvalue weighted by Gasteiger charge is 2.32. The molecule has 0 saturated carbocycles. The number of carbonyl (C=O) groups excluding carboxylic acids is 1. The minimum absolute atomic E-state index is 0.0517. The van der Waals surface area contributed by atoms with E-state index in [1.54, 1.807) is 17.0 Å². The van der Waals surface area contributed by atoms with Crippen LogP contribution in [0, 0.1) is 19.8 Å². The molecule has 1 aromatic carbocycles. The Labute approximate surface area is 144 Å². The van der Waals surface area contributed by atoms with E-state index in [0.717, 1.165) is 11.1 Å². The summed E-state index contributed by atoms with van der Waals surface area (Å²) in [6, 6.07) is 5.23. The van der Waals surface area contributed by atoms with Gasteiger partial charge >= 0.3 is 6.09 Å². The molecule has 1 aliphatic heterocycles. The number of aryl methyl sites for hydroxylation is 2. The molecule has 134 valence electrons. The van der Waals surface area contributed by atoms with Gasteiger partial charge in [-0.05, 0) is 70.2 Å². The summed E-state index contributed by atoms with van der Waals surface area (Å²) >= 11 is 0. The molecule has 5 nitrogen and oxygen atoms in total. The number of sulfone groups is 1. The van der Waals surface area contributed by atoms with Crippen LogP contribution in [0.4, 0.5) is 4.79 Å². The van der Waals surface area contributed by atoms with Gasteiger partial charge in [0.15, 0.2) is 9.84 Å². The van der Waals surface area contributed by atoms with Crippen molar-refractivity contribution in [2.45, 2.75) is 51.5 Å². The summed E-state index contributed by atoms with van der Waals surface area (Å²) in [5, 5.41) is 0. The summed E-state index contributed by atoms with van der Waals surface area (Å²) in [5.41, 5.74) is 1.50. The first-order chi connectivity index (χ1) is 11.0. The van der Waals surface area contributed by atoms with Gasteiger partial charge < -0.3 is 9.64 Å². The third-order valence-electron chi connectivity index (χ3n) is 4.23. The number of rotatable bonds is 3. The number of ether oxygens (including phenoxy) is 1. The molecule has 0 aliphatic carbocycles. The number of carbonyl (C=O) groups is 1. The Hall–Kier alpha value is -1.56. The van der Waals surface area contributed by atoms with Crippen LogP contribution in [0.15, 0.2) is 23.1 Å². The molecule has 0 spiro atoms. The van der Waals surface area contributed by atoms with Crippen LogP contribution in [0.25, 0.3) is 0 Å². The van der Waals surface area contributed by atoms with Crippen LogP contribution in [-0.2, 0) is 14.6 Å². The van der Waals surface area contributed by atoms with Crippen molar-refractivity contribution in [3.63, 3.8) is 0 Å². The summed E-state index contributed by atoms with van der Waals surface area (Å²) in [4.78, 5) is 14.0. The van der Waals surface area contributed by atoms with Gasteiger partial charge in [0.1, 0.15) is 5.60 Å². The van der Waals surface area contributed by atoms with E-state index in [2.05, 4.69) is 0 Å². The molecule has 1 aliphatic rings. The quantitative estimate of drug-likeness (QED) is 0.836. The zero-order valence-electron chi connectivity index (χ0n) is 15.1. The number of likely N-dealkylation sites (tertiary alicyclic amines) is 1. The molecule has 0 N–H and O–H groups in total. The maximum atomic E-state index is 12.6. The predicted octanol–water partition coefficient (Wildman–Crippen LogP) is 3.33. The smallest absolute Gasteiger partial charge is 0.410 e. The largest absolute Gasteiger partial charge is 0.444 e. The number of hydrogen-bond acceptors (Lipinski definition) is 4. The highest BCUT2D eigenvalue weighted by atomic mass is 32.2. The average molecular weight is 353 g/mol. The van der Waals surface area contributed by atoms with Gasteiger partial charge in [0.05, 0.1) is 10.6 Å². The second-order valence-electron chi connectivity index (χ2n) is 7.61. The Morgan fingerprint density at radius 2 is 1.92 bits per heavy atom. The molecular formula is C18H27NO4S. The molecule has 0 bridgehead atoms. The fourth-order valence-electron chi connectivity index (χ4n) is 2.77. The molecule has 1 fully saturated rings. The van der Waals surface area contributed by atoms with Crippen molar-refractivity contribution in [1.29, 1.82) is 0 Å². The zero-order chi connectivity index (χ0) is 18.1. The Morgan fingerprint density at radius 3 is 2.50 bits per heavy atom. The molecule has 0 aromatic heterocycles. The highest BCUT2D eigenvalue weighted by molar-refractivity contribution is 7.91. The van der Waals surface area contributed by atoms with Crippen molar-refractivity contribution in [2.24, 2.45) is 5.92 Å². The molecule has 0 radical (unpaired) electrons. The first kappa shape index (κ1) is 18.8. The Balaban J connectivity index is 2.01. The molecule has 1 aromatic rings. The van der Waals surface area contributed by atoms with Crippen molar-refractivity contribution < 1.29 is 17.9 Å². The standard InChI is InChI=1S/C18H27NO4S/c1-13-6-7-16(10-14(13)2)24(21,22)12-15-8-9-19(11-15)17(20)23-18(3,4)5/h6-7,10,15H,8-9,11-12H2,1-5H3/t15-/m0/s1. The Morgan fingerprint density at radius 1 is 1.25 bits per heavy atom. The maximum Gasteiger partial charge on any atom is 0.410 e. The van der Waals surface area contributed by atoms with Crippen molar-refractivity contribution in [3.05, 3.63) is 29.3 Å². The van der Waals surface area contributed by atoms with E-state index >= 15 is 0 Å². The molecular weight excluding hydrogens is 326 g/mol. The number of benzene rings is 1. The van der Waals surface area contributed by atoms with Crippen LogP contribution >= 0.6 is 0 Å². The SMILES string of the molecule is Cc1ccc(S(=O)(=O)C[C@H]2CCN(C(=O)OC(C)(C)C)C2)cc1C. The van der Waals surface area contributed by atoms with Crippen LogP contribution < -0.4 is 0 Å². The molecule has 1 atom stereocenters. The van der Waals surface area contributed by atoms with Gasteiger partial charge in [-0.15, -0.1) is 0 Å². The normalized spacial score (nSPS) is 18.7. The molecule has 24 heavy (non-hydrogen) atoms. The van der Waals surface area contributed by atoms with E-state index in [1.807, 2.05) is 40.7 Å². The van der Waals surface area contributed by atoms with E-state index in [0.29, 0.717) is 24.4 Å². The molecule has 1 heterocycles. The topological polar surface area (TPSA) is 63.7 Å². The lowest BCUT2D eigenvalue weighted by Crippen LogP contribution is -2.35. The number of nitrogens with zero attached hydrogens (tertiary/aromatic N) is 1. The van der Waals surface area contributed by atoms with Gasteiger partial charge in [-0.2, -0.15) is 0 Å². The van der Waals surface area contributed by atoms with Gasteiger partial charge in [0.2, 0.25) is 0 Å². The summed E-state index contributed by atoms with van der Waals surface area (Å²) in [6.45, 7) is 10.3. The van der Waals surface area contributed by atoms with Gasteiger partial charge in [0.25, 0.3) is 0 Å². The van der Waals surface area contributed by atoms with E-state index in [1.165, 1.54) is 0 Å². The second kappa shape index (κ2) is 6.75. The maximum absolute atomic E-state index is 12.6. The predicted molar refractivity (Wildman–Crippen MR) is 93.9 cm³/mol. The molecule has 6 heteroatoms. The van der Waals surface area contributed by atoms with E-state index in [4.69, 9.17) is 4.74 Å². The highest BCUT2D eigenvalue weighted by Crippen LogP contribution is 2.24. The summed E-state index contributed by atoms with van der Waals surface area (Å²) < 4.78 is 30.6. The van der Waals surface area contributed by atoms with Crippen LogP contribution in [0.1, 0.15) is 38.3 Å². The van der Waals surface area contributed by atoms with E-state index in [-0.39, 0.29) is 17.8 Å². The summed E-state index contributed by atoms with van der Waals surface area (Å²) in [7, 11) is -3.35. The van der Waals surface area contributed by atoms with Crippen molar-refractivity contribution in [1.82, 2.24) is 4.90 Å². The lowest BCUT2D eigenvalue weighted by Gasteiger charge is -2.24. The van der Waals surface area contributed by atoms with E-state index in [9.17, 15) is 13.2 Å². The molecule has 2 rings (SSSR count). The van der Waals surface area contributed by atoms with E-state index < -0.39 is 15.4 Å². The zero-order valence-corrected chi connectivity index (χ0v) is 15.9. The fourth-order valence-corrected chi connectivity index (χ4v) is 4.49. The minimum Gasteiger partial charge on any atom is -0.444 e. The first-order valence-corrected chi connectivity index (χ1v) is 9.91. The Bertz CT molecular complexity index is 719. The molecule has 0 unspecified atom stereocenters. The van der Waals surface area contributed by atoms with Gasteiger partial charge in [-0.1, -0.05) is 6.07 Å². The lowest BCUT2D eigenvalue weighted by atomic mass is 10.1. The Kier molecular flexibility index (Phi) is 5.28. The molecule has 1 saturated heterocycles. The average Bonchev–Trinajstić information content (AvgIpc) is 2.87. The molecule has 1 amide bonds. The van der Waals surface area contributed by atoms with Crippen LogP contribution in [0.2, 0.25) is 0 Å². The van der Waals surface area contributed by atoms with Crippen molar-refractivity contribution >= 4 is 15.9 Å². The van der Waals surface area contributed by atoms with Crippen LogP contribution in [-0.4, -0.2) is 43.9 Å². The second-order valence-corrected chi connectivity index (χ2v) is 9.64. The third kappa shape index (κ3) is 4.72. The lowest BCUT2D eigenvalue weighted by molar-refractivity contribution is 0.0289. The summed E-state index contributed by atoms with van der Waals surface area (Å²) in [5.74, 6) is 0.0126. The van der Waals surface area contributed by atoms with Gasteiger partial charge in [-0.25, -0.2) is 13.2 Å². The third-order valence-corrected chi connectivity index (χ3v) is 6.11. The van der Waals surface area contributed by atoms with Gasteiger partial charge in [0, 0.05) is 13.1 Å². The van der Waals surface area contributed by atoms with Gasteiger partial charge in [-0.3, -0.25) is 0 Å². The van der Waals surface area contributed by atoms with Crippen LogP contribution in [0.3, 0.4) is 0 Å². The number of amides is 1. The number of hydrogen-bond donors (Lipinski definition) is 0. The summed E-state index contributed by atoms with van der Waals surface area (Å²) in [6.07, 6.45) is 0.317. The minimum atomic E-state index is -3.35. The van der Waals surface area contributed by atoms with Crippen molar-refractivity contribution in [3.8, 4) is 0 Å². The van der Waals surface area contributed by atoms with Crippen molar-refractivity contribution in [2.75, 3.05) is 18.8 Å². The fraction of sp³-hybridized carbons (Fsp3) is 0.611. The van der Waals surface area contributed by atoms with Crippen LogP contribution in [0.5, 0.6) is 0 Å². The monoisotopic (exact) mass is 353 g/mol. The first-order valence-electron chi connectivity index (χ1n) is 8.26.